The first kappa shape index (κ1) is 14.6. The van der Waals surface area contributed by atoms with Crippen LogP contribution in [0.5, 0.6) is 0 Å². The van der Waals surface area contributed by atoms with Crippen molar-refractivity contribution in [2.75, 3.05) is 31.6 Å². The number of rotatable bonds is 4. The summed E-state index contributed by atoms with van der Waals surface area (Å²) in [7, 11) is 1.94. The predicted molar refractivity (Wildman–Crippen MR) is 82.3 cm³/mol. The van der Waals surface area contributed by atoms with Gasteiger partial charge in [-0.2, -0.15) is 0 Å². The summed E-state index contributed by atoms with van der Waals surface area (Å²) < 4.78 is 0. The zero-order valence-electron chi connectivity index (χ0n) is 12.3. The predicted octanol–water partition coefficient (Wildman–Crippen LogP) is 2.21. The van der Waals surface area contributed by atoms with E-state index in [1.54, 1.807) is 12.4 Å². The number of piperidine rings is 1. The molecule has 6 heteroatoms. The summed E-state index contributed by atoms with van der Waals surface area (Å²) in [6, 6.07) is 0. The Kier molecular flexibility index (Phi) is 4.29. The monoisotopic (exact) mass is 308 g/mol. The summed E-state index contributed by atoms with van der Waals surface area (Å²) in [6.07, 6.45) is 7.59. The van der Waals surface area contributed by atoms with Gasteiger partial charge in [0.15, 0.2) is 0 Å². The smallest absolute Gasteiger partial charge is 0.225 e. The van der Waals surface area contributed by atoms with Crippen molar-refractivity contribution in [2.45, 2.75) is 25.7 Å². The number of aromatic nitrogens is 2. The van der Waals surface area contributed by atoms with Gasteiger partial charge in [-0.05, 0) is 31.6 Å². The molecule has 0 spiro atoms. The highest BCUT2D eigenvalue weighted by Gasteiger charge is 2.33. The van der Waals surface area contributed by atoms with E-state index < -0.39 is 0 Å². The van der Waals surface area contributed by atoms with Crippen molar-refractivity contribution in [2.24, 2.45) is 11.8 Å². The Morgan fingerprint density at radius 3 is 2.48 bits per heavy atom. The van der Waals surface area contributed by atoms with Gasteiger partial charge in [0.25, 0.3) is 0 Å². The second kappa shape index (κ2) is 6.18. The average Bonchev–Trinajstić information content (AvgIpc) is 3.33. The van der Waals surface area contributed by atoms with E-state index in [1.807, 2.05) is 11.9 Å². The molecule has 0 unspecified atom stereocenters. The van der Waals surface area contributed by atoms with Gasteiger partial charge in [0.05, 0.1) is 17.4 Å². The van der Waals surface area contributed by atoms with Crippen molar-refractivity contribution in [3.05, 3.63) is 17.4 Å². The largest absolute Gasteiger partial charge is 0.345 e. The second-order valence-corrected chi connectivity index (χ2v) is 6.56. The molecule has 2 heterocycles. The van der Waals surface area contributed by atoms with Crippen LogP contribution in [-0.4, -0.2) is 47.5 Å². The Labute approximate surface area is 130 Å². The van der Waals surface area contributed by atoms with E-state index in [4.69, 9.17) is 11.6 Å². The second-order valence-electron chi connectivity index (χ2n) is 6.12. The van der Waals surface area contributed by atoms with Gasteiger partial charge in [0.1, 0.15) is 0 Å². The van der Waals surface area contributed by atoms with Crippen LogP contribution >= 0.6 is 11.6 Å². The van der Waals surface area contributed by atoms with Crippen LogP contribution in [0.25, 0.3) is 0 Å². The fourth-order valence-electron chi connectivity index (χ4n) is 2.90. The first-order valence-corrected chi connectivity index (χ1v) is 7.99. The van der Waals surface area contributed by atoms with E-state index >= 15 is 0 Å². The van der Waals surface area contributed by atoms with Gasteiger partial charge >= 0.3 is 0 Å². The van der Waals surface area contributed by atoms with Gasteiger partial charge in [-0.1, -0.05) is 11.6 Å². The fraction of sp³-hybridized carbons (Fsp3) is 0.667. The quantitative estimate of drug-likeness (QED) is 0.856. The van der Waals surface area contributed by atoms with Crippen LogP contribution in [0.1, 0.15) is 25.7 Å². The Hall–Kier alpha value is -1.36. The molecule has 5 nitrogen and oxygen atoms in total. The lowest BCUT2D eigenvalue weighted by Gasteiger charge is -2.33. The molecule has 0 N–H and O–H groups in total. The molecule has 1 aliphatic heterocycles. The summed E-state index contributed by atoms with van der Waals surface area (Å²) in [5.41, 5.74) is 0. The van der Waals surface area contributed by atoms with Gasteiger partial charge in [0, 0.05) is 32.6 Å². The van der Waals surface area contributed by atoms with E-state index in [-0.39, 0.29) is 0 Å². The van der Waals surface area contributed by atoms with Crippen LogP contribution in [0.2, 0.25) is 5.02 Å². The molecule has 3 rings (SSSR count). The molecule has 0 aromatic carbocycles. The third kappa shape index (κ3) is 3.64. The minimum atomic E-state index is 0.317. The van der Waals surface area contributed by atoms with Crippen LogP contribution < -0.4 is 4.90 Å². The average molecular weight is 309 g/mol. The molecule has 0 radical (unpaired) electrons. The highest BCUT2D eigenvalue weighted by molar-refractivity contribution is 6.30. The number of amides is 1. The van der Waals surface area contributed by atoms with Crippen LogP contribution in [0.3, 0.4) is 0 Å². The minimum absolute atomic E-state index is 0.317. The standard InChI is InChI=1S/C15H21ClN4O/c1-19(14(21)12-2-3-12)10-11-4-6-20(7-5-11)15-17-8-13(16)9-18-15/h8-9,11-12H,2-7,10H2,1H3. The molecule has 1 amide bonds. The molecular formula is C15H21ClN4O. The Bertz CT molecular complexity index is 495. The zero-order chi connectivity index (χ0) is 14.8. The number of carbonyl (C=O) groups is 1. The molecule has 0 atom stereocenters. The number of nitrogens with zero attached hydrogens (tertiary/aromatic N) is 4. The molecule has 1 saturated carbocycles. The van der Waals surface area contributed by atoms with Crippen molar-refractivity contribution in [1.82, 2.24) is 14.9 Å². The Morgan fingerprint density at radius 2 is 1.90 bits per heavy atom. The third-order valence-corrected chi connectivity index (χ3v) is 4.53. The highest BCUT2D eigenvalue weighted by atomic mass is 35.5. The van der Waals surface area contributed by atoms with Gasteiger partial charge < -0.3 is 9.80 Å². The summed E-state index contributed by atoms with van der Waals surface area (Å²) in [5, 5.41) is 0.564. The highest BCUT2D eigenvalue weighted by Crippen LogP contribution is 2.31. The van der Waals surface area contributed by atoms with Gasteiger partial charge in [-0.3, -0.25) is 4.79 Å². The van der Waals surface area contributed by atoms with Crippen molar-refractivity contribution in [3.8, 4) is 0 Å². The van der Waals surface area contributed by atoms with Crippen LogP contribution in [0.4, 0.5) is 5.95 Å². The van der Waals surface area contributed by atoms with Gasteiger partial charge in [0.2, 0.25) is 11.9 Å². The van der Waals surface area contributed by atoms with Crippen LogP contribution in [0.15, 0.2) is 12.4 Å². The fourth-order valence-corrected chi connectivity index (χ4v) is 3.00. The molecule has 1 saturated heterocycles. The summed E-state index contributed by atoms with van der Waals surface area (Å²) in [5.74, 6) is 1.98. The zero-order valence-corrected chi connectivity index (χ0v) is 13.1. The Morgan fingerprint density at radius 1 is 1.29 bits per heavy atom. The van der Waals surface area contributed by atoms with Crippen molar-refractivity contribution < 1.29 is 4.79 Å². The maximum atomic E-state index is 12.0. The van der Waals surface area contributed by atoms with Crippen LogP contribution in [0, 0.1) is 11.8 Å². The van der Waals surface area contributed by atoms with Gasteiger partial charge in [-0.15, -0.1) is 0 Å². The molecule has 1 aromatic heterocycles. The number of anilines is 1. The van der Waals surface area contributed by atoms with Crippen LogP contribution in [-0.2, 0) is 4.79 Å². The normalized spacial score (nSPS) is 19.6. The summed E-state index contributed by atoms with van der Waals surface area (Å²) in [4.78, 5) is 24.6. The SMILES string of the molecule is CN(CC1CCN(c2ncc(Cl)cn2)CC1)C(=O)C1CC1. The first-order valence-electron chi connectivity index (χ1n) is 7.61. The maximum absolute atomic E-state index is 12.0. The van der Waals surface area contributed by atoms with E-state index in [2.05, 4.69) is 14.9 Å². The van der Waals surface area contributed by atoms with E-state index in [0.717, 1.165) is 51.3 Å². The molecule has 2 aliphatic rings. The van der Waals surface area contributed by atoms with Crippen molar-refractivity contribution in [1.29, 1.82) is 0 Å². The number of hydrogen-bond donors (Lipinski definition) is 0. The molecule has 1 aromatic rings. The van der Waals surface area contributed by atoms with Crippen molar-refractivity contribution in [3.63, 3.8) is 0 Å². The molecule has 1 aliphatic carbocycles. The van der Waals surface area contributed by atoms with Gasteiger partial charge in [-0.25, -0.2) is 9.97 Å². The molecular weight excluding hydrogens is 288 g/mol. The van der Waals surface area contributed by atoms with E-state index in [0.29, 0.717) is 22.8 Å². The number of hydrogen-bond acceptors (Lipinski definition) is 4. The molecule has 2 fully saturated rings. The summed E-state index contributed by atoms with van der Waals surface area (Å²) >= 11 is 5.81. The van der Waals surface area contributed by atoms with E-state index in [1.165, 1.54) is 0 Å². The number of carbonyl (C=O) groups excluding carboxylic acids is 1. The number of halogens is 1. The maximum Gasteiger partial charge on any atom is 0.225 e. The Balaban J connectivity index is 1.48. The first-order chi connectivity index (χ1) is 10.1. The molecule has 0 bridgehead atoms. The topological polar surface area (TPSA) is 49.3 Å². The molecule has 114 valence electrons. The van der Waals surface area contributed by atoms with Crippen molar-refractivity contribution >= 4 is 23.5 Å². The lowest BCUT2D eigenvalue weighted by molar-refractivity contribution is -0.131. The van der Waals surface area contributed by atoms with E-state index in [9.17, 15) is 4.79 Å². The summed E-state index contributed by atoms with van der Waals surface area (Å²) in [6.45, 7) is 2.76. The third-order valence-electron chi connectivity index (χ3n) is 4.34. The minimum Gasteiger partial charge on any atom is -0.345 e. The lowest BCUT2D eigenvalue weighted by atomic mass is 9.96. The molecule has 21 heavy (non-hydrogen) atoms. The lowest BCUT2D eigenvalue weighted by Crippen LogP contribution is -2.40.